The van der Waals surface area contributed by atoms with Gasteiger partial charge in [-0.25, -0.2) is 5.43 Å². The summed E-state index contributed by atoms with van der Waals surface area (Å²) >= 11 is 9.05. The van der Waals surface area contributed by atoms with Crippen molar-refractivity contribution < 1.29 is 14.7 Å². The minimum atomic E-state index is -0.429. The number of carbonyl (C=O) groups excluding carboxylic acids is 2. The molecule has 0 unspecified atom stereocenters. The molecule has 0 aliphatic carbocycles. The maximum absolute atomic E-state index is 12.0. The summed E-state index contributed by atoms with van der Waals surface area (Å²) in [5, 5.41) is 16.7. The molecule has 0 radical (unpaired) electrons. The van der Waals surface area contributed by atoms with E-state index in [1.807, 2.05) is 0 Å². The van der Waals surface area contributed by atoms with Gasteiger partial charge in [-0.05, 0) is 52.3 Å². The standard InChI is InChI=1S/C16H13BrClN3O3/c1-9(22)20-13-4-2-10(3-5-13)16(24)21-19-8-11-6-12(18)7-14(17)15(11)23/h2-8,23H,1H3,(H,20,22)(H,21,24). The van der Waals surface area contributed by atoms with E-state index in [-0.39, 0.29) is 11.7 Å². The van der Waals surface area contributed by atoms with Crippen molar-refractivity contribution in [1.29, 1.82) is 0 Å². The number of aromatic hydroxyl groups is 1. The first-order valence-corrected chi connectivity index (χ1v) is 7.93. The molecule has 0 bridgehead atoms. The number of hydrogen-bond acceptors (Lipinski definition) is 4. The fourth-order valence-corrected chi connectivity index (χ4v) is 2.65. The van der Waals surface area contributed by atoms with Crippen LogP contribution < -0.4 is 10.7 Å². The van der Waals surface area contributed by atoms with Crippen LogP contribution in [0.4, 0.5) is 5.69 Å². The quantitative estimate of drug-likeness (QED) is 0.532. The van der Waals surface area contributed by atoms with Crippen molar-refractivity contribution in [2.75, 3.05) is 5.32 Å². The van der Waals surface area contributed by atoms with Gasteiger partial charge in [-0.2, -0.15) is 5.10 Å². The normalized spacial score (nSPS) is 10.6. The van der Waals surface area contributed by atoms with Crippen LogP contribution >= 0.6 is 27.5 Å². The van der Waals surface area contributed by atoms with E-state index in [1.54, 1.807) is 30.3 Å². The number of phenols is 1. The molecule has 6 nitrogen and oxygen atoms in total. The number of phenolic OH excluding ortho intramolecular Hbond substituents is 1. The van der Waals surface area contributed by atoms with Crippen LogP contribution in [0.25, 0.3) is 0 Å². The van der Waals surface area contributed by atoms with E-state index in [0.717, 1.165) is 0 Å². The van der Waals surface area contributed by atoms with Gasteiger partial charge < -0.3 is 10.4 Å². The zero-order valence-electron chi connectivity index (χ0n) is 12.5. The molecule has 3 N–H and O–H groups in total. The lowest BCUT2D eigenvalue weighted by Crippen LogP contribution is -2.17. The minimum absolute atomic E-state index is 0.0305. The monoisotopic (exact) mass is 409 g/mol. The van der Waals surface area contributed by atoms with Crippen LogP contribution in [0.2, 0.25) is 5.02 Å². The van der Waals surface area contributed by atoms with Crippen LogP contribution in [-0.2, 0) is 4.79 Å². The Morgan fingerprint density at radius 2 is 1.92 bits per heavy atom. The van der Waals surface area contributed by atoms with Crippen molar-refractivity contribution in [1.82, 2.24) is 5.43 Å². The Balaban J connectivity index is 2.04. The zero-order valence-corrected chi connectivity index (χ0v) is 14.9. The molecule has 2 rings (SSSR count). The lowest BCUT2D eigenvalue weighted by Gasteiger charge is -2.04. The number of hydrogen-bond donors (Lipinski definition) is 3. The number of nitrogens with one attached hydrogen (secondary N) is 2. The summed E-state index contributed by atoms with van der Waals surface area (Å²) in [4.78, 5) is 22.9. The van der Waals surface area contributed by atoms with Gasteiger partial charge >= 0.3 is 0 Å². The van der Waals surface area contributed by atoms with E-state index >= 15 is 0 Å². The Labute approximate surface area is 151 Å². The molecule has 0 heterocycles. The Bertz CT molecular complexity index is 807. The number of amides is 2. The van der Waals surface area contributed by atoms with Crippen LogP contribution in [-0.4, -0.2) is 23.1 Å². The van der Waals surface area contributed by atoms with Crippen LogP contribution in [0, 0.1) is 0 Å². The zero-order chi connectivity index (χ0) is 17.7. The van der Waals surface area contributed by atoms with E-state index in [9.17, 15) is 14.7 Å². The molecule has 0 fully saturated rings. The lowest BCUT2D eigenvalue weighted by atomic mass is 10.2. The van der Waals surface area contributed by atoms with Gasteiger partial charge in [-0.15, -0.1) is 0 Å². The third kappa shape index (κ3) is 4.81. The van der Waals surface area contributed by atoms with Crippen molar-refractivity contribution >= 4 is 51.2 Å². The molecule has 0 saturated carbocycles. The van der Waals surface area contributed by atoms with Gasteiger partial charge in [0, 0.05) is 28.8 Å². The first-order chi connectivity index (χ1) is 11.4. The minimum Gasteiger partial charge on any atom is -0.506 e. The number of halogens is 2. The molecule has 0 aromatic heterocycles. The summed E-state index contributed by atoms with van der Waals surface area (Å²) in [6, 6.07) is 9.40. The van der Waals surface area contributed by atoms with Crippen molar-refractivity contribution in [3.8, 4) is 5.75 Å². The molecule has 24 heavy (non-hydrogen) atoms. The van der Waals surface area contributed by atoms with Crippen molar-refractivity contribution in [3.05, 3.63) is 57.0 Å². The number of hydrazone groups is 1. The molecule has 0 atom stereocenters. The Hall–Kier alpha value is -2.38. The van der Waals surface area contributed by atoms with Crippen molar-refractivity contribution in [3.63, 3.8) is 0 Å². The summed E-state index contributed by atoms with van der Waals surface area (Å²) < 4.78 is 0.427. The highest BCUT2D eigenvalue weighted by molar-refractivity contribution is 9.10. The number of rotatable bonds is 4. The number of benzene rings is 2. The average Bonchev–Trinajstić information content (AvgIpc) is 2.52. The van der Waals surface area contributed by atoms with Crippen LogP contribution in [0.1, 0.15) is 22.8 Å². The van der Waals surface area contributed by atoms with E-state index in [4.69, 9.17) is 11.6 Å². The highest BCUT2D eigenvalue weighted by Crippen LogP contribution is 2.30. The predicted octanol–water partition coefficient (Wildman–Crippen LogP) is 3.53. The summed E-state index contributed by atoms with van der Waals surface area (Å²) in [7, 11) is 0. The molecule has 0 spiro atoms. The highest BCUT2D eigenvalue weighted by Gasteiger charge is 2.07. The summed E-state index contributed by atoms with van der Waals surface area (Å²) in [6.07, 6.45) is 1.29. The topological polar surface area (TPSA) is 90.8 Å². The average molecular weight is 411 g/mol. The molecule has 0 aliphatic heterocycles. The van der Waals surface area contributed by atoms with E-state index in [2.05, 4.69) is 31.8 Å². The summed E-state index contributed by atoms with van der Waals surface area (Å²) in [5.41, 5.74) is 3.67. The molecule has 0 aliphatic rings. The third-order valence-corrected chi connectivity index (χ3v) is 3.72. The van der Waals surface area contributed by atoms with Crippen LogP contribution in [0.15, 0.2) is 46.0 Å². The second-order valence-corrected chi connectivity index (χ2v) is 6.07. The van der Waals surface area contributed by atoms with Crippen molar-refractivity contribution in [2.45, 2.75) is 6.92 Å². The number of anilines is 1. The highest BCUT2D eigenvalue weighted by atomic mass is 79.9. The maximum atomic E-state index is 12.0. The van der Waals surface area contributed by atoms with Gasteiger partial charge in [-0.3, -0.25) is 9.59 Å². The molecule has 2 aromatic rings. The molecule has 2 amide bonds. The second-order valence-electron chi connectivity index (χ2n) is 4.78. The van der Waals surface area contributed by atoms with E-state index in [1.165, 1.54) is 19.2 Å². The molecule has 124 valence electrons. The van der Waals surface area contributed by atoms with Crippen LogP contribution in [0.3, 0.4) is 0 Å². The largest absolute Gasteiger partial charge is 0.506 e. The third-order valence-electron chi connectivity index (χ3n) is 2.89. The van der Waals surface area contributed by atoms with Gasteiger partial charge in [0.1, 0.15) is 5.75 Å². The molecular weight excluding hydrogens is 398 g/mol. The Morgan fingerprint density at radius 1 is 1.25 bits per heavy atom. The van der Waals surface area contributed by atoms with Gasteiger partial charge in [-0.1, -0.05) is 11.6 Å². The second kappa shape index (κ2) is 7.94. The lowest BCUT2D eigenvalue weighted by molar-refractivity contribution is -0.114. The number of nitrogens with zero attached hydrogens (tertiary/aromatic N) is 1. The first kappa shape index (κ1) is 18.0. The molecule has 2 aromatic carbocycles. The molecule has 8 heteroatoms. The predicted molar refractivity (Wildman–Crippen MR) is 96.6 cm³/mol. The fraction of sp³-hybridized carbons (Fsp3) is 0.0625. The SMILES string of the molecule is CC(=O)Nc1ccc(C(=O)NN=Cc2cc(Cl)cc(Br)c2O)cc1. The number of carbonyl (C=O) groups is 2. The van der Waals surface area contributed by atoms with Crippen molar-refractivity contribution in [2.24, 2.45) is 5.10 Å². The smallest absolute Gasteiger partial charge is 0.271 e. The van der Waals surface area contributed by atoms with Gasteiger partial charge in [0.15, 0.2) is 0 Å². The van der Waals surface area contributed by atoms with E-state index in [0.29, 0.717) is 26.3 Å². The van der Waals surface area contributed by atoms with Gasteiger partial charge in [0.2, 0.25) is 5.91 Å². The van der Waals surface area contributed by atoms with E-state index < -0.39 is 5.91 Å². The van der Waals surface area contributed by atoms with Gasteiger partial charge in [0.25, 0.3) is 5.91 Å². The Morgan fingerprint density at radius 3 is 2.54 bits per heavy atom. The first-order valence-electron chi connectivity index (χ1n) is 6.76. The molecular formula is C16H13BrClN3O3. The summed E-state index contributed by atoms with van der Waals surface area (Å²) in [5.74, 6) is -0.650. The maximum Gasteiger partial charge on any atom is 0.271 e. The Kier molecular flexibility index (Phi) is 5.94. The van der Waals surface area contributed by atoms with Gasteiger partial charge in [0.05, 0.1) is 10.7 Å². The van der Waals surface area contributed by atoms with Crippen LogP contribution in [0.5, 0.6) is 5.75 Å². The molecule has 0 saturated heterocycles. The fourth-order valence-electron chi connectivity index (χ4n) is 1.82. The summed E-state index contributed by atoms with van der Waals surface area (Å²) in [6.45, 7) is 1.40.